The predicted octanol–water partition coefficient (Wildman–Crippen LogP) is 3.35. The van der Waals surface area contributed by atoms with E-state index in [9.17, 15) is 23.2 Å². The summed E-state index contributed by atoms with van der Waals surface area (Å²) in [5.74, 6) is -1.63. The van der Waals surface area contributed by atoms with Crippen LogP contribution in [0, 0.1) is 17.6 Å². The van der Waals surface area contributed by atoms with Gasteiger partial charge in [-0.15, -0.1) is 0 Å². The molecule has 2 aromatic rings. The minimum absolute atomic E-state index is 0.0303. The van der Waals surface area contributed by atoms with Gasteiger partial charge in [0.2, 0.25) is 5.91 Å². The van der Waals surface area contributed by atoms with Crippen molar-refractivity contribution in [3.8, 4) is 5.75 Å². The van der Waals surface area contributed by atoms with Crippen LogP contribution in [0.15, 0.2) is 48.5 Å². The van der Waals surface area contributed by atoms with Crippen LogP contribution in [0.5, 0.6) is 5.75 Å². The number of hydrogen-bond donors (Lipinski definition) is 1. The molecule has 0 spiro atoms. The Hall–Kier alpha value is -3.33. The summed E-state index contributed by atoms with van der Waals surface area (Å²) in [7, 11) is 1.53. The van der Waals surface area contributed by atoms with Gasteiger partial charge in [0.1, 0.15) is 22.9 Å². The van der Waals surface area contributed by atoms with Crippen LogP contribution < -0.4 is 10.1 Å². The quantitative estimate of drug-likeness (QED) is 0.703. The molecule has 2 aliphatic heterocycles. The topological polar surface area (TPSA) is 79.0 Å². The zero-order valence-electron chi connectivity index (χ0n) is 19.8. The molecule has 2 amide bonds. The standard InChI is InChI=1S/C26H29F2N3O4/c1-17(32)31-13-11-19(12-14-31)24(33)26(16-29-15-23(26)18-3-5-20(27)6-4-18)30(2)25(34)35-22-9-7-21(28)8-10-22/h3-10,19,23,29H,11-16H2,1-2H3/t23-,26+/m0/s1. The fourth-order valence-corrected chi connectivity index (χ4v) is 5.21. The monoisotopic (exact) mass is 485 g/mol. The van der Waals surface area contributed by atoms with Gasteiger partial charge in [-0.2, -0.15) is 0 Å². The average molecular weight is 486 g/mol. The lowest BCUT2D eigenvalue weighted by atomic mass is 9.72. The van der Waals surface area contributed by atoms with Crippen LogP contribution in [0.4, 0.5) is 13.6 Å². The third kappa shape index (κ3) is 4.91. The molecule has 2 heterocycles. The van der Waals surface area contributed by atoms with Gasteiger partial charge in [-0.1, -0.05) is 12.1 Å². The molecule has 4 rings (SSSR count). The Balaban J connectivity index is 1.66. The molecule has 1 N–H and O–H groups in total. The van der Waals surface area contributed by atoms with Gasteiger partial charge in [0.15, 0.2) is 5.78 Å². The first kappa shape index (κ1) is 24.8. The highest BCUT2D eigenvalue weighted by Crippen LogP contribution is 2.41. The van der Waals surface area contributed by atoms with Crippen LogP contribution in [-0.2, 0) is 9.59 Å². The smallest absolute Gasteiger partial charge is 0.410 e. The number of ether oxygens (including phenoxy) is 1. The highest BCUT2D eigenvalue weighted by Gasteiger charge is 2.56. The number of hydrogen-bond acceptors (Lipinski definition) is 5. The largest absolute Gasteiger partial charge is 0.415 e. The maximum Gasteiger partial charge on any atom is 0.415 e. The second-order valence-electron chi connectivity index (χ2n) is 9.18. The number of rotatable bonds is 5. The third-order valence-corrected chi connectivity index (χ3v) is 7.22. The number of nitrogens with one attached hydrogen (secondary N) is 1. The van der Waals surface area contributed by atoms with Gasteiger partial charge in [0.25, 0.3) is 0 Å². The van der Waals surface area contributed by atoms with Crippen LogP contribution >= 0.6 is 0 Å². The van der Waals surface area contributed by atoms with Crippen LogP contribution in [-0.4, -0.2) is 66.3 Å². The molecule has 7 nitrogen and oxygen atoms in total. The summed E-state index contributed by atoms with van der Waals surface area (Å²) in [5.41, 5.74) is -0.551. The molecule has 0 unspecified atom stereocenters. The minimum Gasteiger partial charge on any atom is -0.410 e. The molecule has 0 aliphatic carbocycles. The second-order valence-corrected chi connectivity index (χ2v) is 9.18. The number of carbonyl (C=O) groups excluding carboxylic acids is 3. The van der Waals surface area contributed by atoms with E-state index in [0.29, 0.717) is 32.5 Å². The van der Waals surface area contributed by atoms with Crippen LogP contribution in [0.25, 0.3) is 0 Å². The van der Waals surface area contributed by atoms with Crippen molar-refractivity contribution < 1.29 is 27.9 Å². The van der Waals surface area contributed by atoms with Gasteiger partial charge in [0, 0.05) is 52.0 Å². The molecule has 0 aromatic heterocycles. The Bertz CT molecular complexity index is 1080. The van der Waals surface area contributed by atoms with E-state index in [2.05, 4.69) is 5.32 Å². The van der Waals surface area contributed by atoms with E-state index in [1.165, 1.54) is 55.3 Å². The summed E-state index contributed by atoms with van der Waals surface area (Å²) in [5, 5.41) is 3.25. The first-order valence-electron chi connectivity index (χ1n) is 11.7. The number of benzene rings is 2. The van der Waals surface area contributed by atoms with E-state index in [-0.39, 0.29) is 29.9 Å². The third-order valence-electron chi connectivity index (χ3n) is 7.22. The van der Waals surface area contributed by atoms with Crippen LogP contribution in [0.3, 0.4) is 0 Å². The first-order valence-corrected chi connectivity index (χ1v) is 11.7. The Morgan fingerprint density at radius 3 is 2.14 bits per heavy atom. The van der Waals surface area contributed by atoms with Crippen molar-refractivity contribution in [3.05, 3.63) is 65.7 Å². The maximum atomic E-state index is 14.2. The number of halogens is 2. The Kier molecular flexibility index (Phi) is 7.16. The van der Waals surface area contributed by atoms with Crippen LogP contribution in [0.2, 0.25) is 0 Å². The van der Waals surface area contributed by atoms with Crippen molar-refractivity contribution in [1.29, 1.82) is 0 Å². The second kappa shape index (κ2) is 10.1. The highest BCUT2D eigenvalue weighted by molar-refractivity contribution is 5.95. The molecular formula is C26H29F2N3O4. The lowest BCUT2D eigenvalue weighted by Crippen LogP contribution is -2.62. The molecule has 2 atom stereocenters. The molecule has 0 saturated carbocycles. The number of carbonyl (C=O) groups is 3. The number of ketones is 1. The van der Waals surface area contributed by atoms with Gasteiger partial charge in [0.05, 0.1) is 0 Å². The molecule has 2 aliphatic rings. The zero-order valence-corrected chi connectivity index (χ0v) is 19.8. The first-order chi connectivity index (χ1) is 16.7. The summed E-state index contributed by atoms with van der Waals surface area (Å²) in [4.78, 5) is 42.2. The molecule has 2 aromatic carbocycles. The number of nitrogens with zero attached hydrogens (tertiary/aromatic N) is 2. The van der Waals surface area contributed by atoms with Gasteiger partial charge in [-0.25, -0.2) is 13.6 Å². The van der Waals surface area contributed by atoms with E-state index in [1.54, 1.807) is 17.0 Å². The van der Waals surface area contributed by atoms with Gasteiger partial charge < -0.3 is 15.0 Å². The molecular weight excluding hydrogens is 456 g/mol. The van der Waals surface area contributed by atoms with Crippen molar-refractivity contribution in [2.24, 2.45) is 5.92 Å². The summed E-state index contributed by atoms with van der Waals surface area (Å²) in [6.45, 7) is 3.07. The molecule has 9 heteroatoms. The molecule has 0 bridgehead atoms. The molecule has 2 fully saturated rings. The van der Waals surface area contributed by atoms with Gasteiger partial charge in [-0.3, -0.25) is 14.5 Å². The molecule has 2 saturated heterocycles. The summed E-state index contributed by atoms with van der Waals surface area (Å²) < 4.78 is 32.4. The Labute approximate surface area is 203 Å². The fourth-order valence-electron chi connectivity index (χ4n) is 5.21. The summed E-state index contributed by atoms with van der Waals surface area (Å²) in [6.07, 6.45) is 0.246. The van der Waals surface area contributed by atoms with E-state index in [1.807, 2.05) is 0 Å². The van der Waals surface area contributed by atoms with Crippen molar-refractivity contribution in [2.75, 3.05) is 33.2 Å². The minimum atomic E-state index is -1.28. The number of amides is 2. The lowest BCUT2D eigenvalue weighted by Gasteiger charge is -2.44. The Morgan fingerprint density at radius 2 is 1.57 bits per heavy atom. The number of Topliss-reactive ketones (excluding diaryl/α,β-unsaturated/α-hetero) is 1. The number of likely N-dealkylation sites (N-methyl/N-ethyl adjacent to an activating group) is 1. The van der Waals surface area contributed by atoms with Crippen LogP contribution in [0.1, 0.15) is 31.2 Å². The lowest BCUT2D eigenvalue weighted by molar-refractivity contribution is -0.138. The molecule has 186 valence electrons. The Morgan fingerprint density at radius 1 is 1.00 bits per heavy atom. The summed E-state index contributed by atoms with van der Waals surface area (Å²) in [6, 6.07) is 11.0. The number of likely N-dealkylation sites (tertiary alicyclic amines) is 1. The van der Waals surface area contributed by atoms with Crippen molar-refractivity contribution >= 4 is 17.8 Å². The maximum absolute atomic E-state index is 14.2. The number of piperidine rings is 1. The van der Waals surface area contributed by atoms with Gasteiger partial charge >= 0.3 is 6.09 Å². The zero-order chi connectivity index (χ0) is 25.2. The fraction of sp³-hybridized carbons (Fsp3) is 0.423. The van der Waals surface area contributed by atoms with E-state index < -0.39 is 29.2 Å². The van der Waals surface area contributed by atoms with E-state index in [4.69, 9.17) is 4.74 Å². The van der Waals surface area contributed by atoms with E-state index >= 15 is 0 Å². The predicted molar refractivity (Wildman–Crippen MR) is 125 cm³/mol. The van der Waals surface area contributed by atoms with Crippen molar-refractivity contribution in [1.82, 2.24) is 15.1 Å². The SMILES string of the molecule is CC(=O)N1CCC(C(=O)[C@@]2(N(C)C(=O)Oc3ccc(F)cc3)CNC[C@H]2c2ccc(F)cc2)CC1. The van der Waals surface area contributed by atoms with E-state index in [0.717, 1.165) is 5.56 Å². The van der Waals surface area contributed by atoms with Crippen molar-refractivity contribution in [2.45, 2.75) is 31.2 Å². The van der Waals surface area contributed by atoms with Gasteiger partial charge in [-0.05, 0) is 54.8 Å². The molecule has 0 radical (unpaired) electrons. The summed E-state index contributed by atoms with van der Waals surface area (Å²) >= 11 is 0. The molecule has 35 heavy (non-hydrogen) atoms. The highest BCUT2D eigenvalue weighted by atomic mass is 19.1. The normalized spacial score (nSPS) is 22.6. The average Bonchev–Trinajstić information content (AvgIpc) is 3.31. The van der Waals surface area contributed by atoms with Crippen molar-refractivity contribution in [3.63, 3.8) is 0 Å².